The first-order valence-electron chi connectivity index (χ1n) is 7.64. The minimum Gasteiger partial charge on any atom is -0.383 e. The van der Waals surface area contributed by atoms with Gasteiger partial charge in [0.2, 0.25) is 0 Å². The van der Waals surface area contributed by atoms with E-state index in [4.69, 9.17) is 4.74 Å². The van der Waals surface area contributed by atoms with Gasteiger partial charge in [-0.25, -0.2) is 4.98 Å². The van der Waals surface area contributed by atoms with E-state index in [1.807, 2.05) is 6.20 Å². The second kappa shape index (κ2) is 7.20. The smallest absolute Gasteiger partial charge is 0.128 e. The summed E-state index contributed by atoms with van der Waals surface area (Å²) in [6.45, 7) is 10.1. The molecule has 1 N–H and O–H groups in total. The van der Waals surface area contributed by atoms with Gasteiger partial charge in [0.15, 0.2) is 0 Å². The van der Waals surface area contributed by atoms with E-state index >= 15 is 0 Å². The lowest BCUT2D eigenvalue weighted by Gasteiger charge is -2.45. The molecule has 0 saturated carbocycles. The van der Waals surface area contributed by atoms with Crippen molar-refractivity contribution in [1.82, 2.24) is 15.2 Å². The maximum absolute atomic E-state index is 5.02. The molecule has 0 amide bonds. The largest absolute Gasteiger partial charge is 0.383 e. The van der Waals surface area contributed by atoms with Gasteiger partial charge in [0, 0.05) is 51.6 Å². The first-order valence-corrected chi connectivity index (χ1v) is 7.64. The first-order chi connectivity index (χ1) is 10.0. The fraction of sp³-hybridized carbons (Fsp3) is 0.688. The molecule has 118 valence electrons. The highest BCUT2D eigenvalue weighted by molar-refractivity contribution is 5.40. The monoisotopic (exact) mass is 292 g/mol. The Hall–Kier alpha value is -1.17. The van der Waals surface area contributed by atoms with Gasteiger partial charge < -0.3 is 15.0 Å². The van der Waals surface area contributed by atoms with Crippen LogP contribution in [0.3, 0.4) is 0 Å². The number of nitrogens with one attached hydrogen (secondary N) is 1. The summed E-state index contributed by atoms with van der Waals surface area (Å²) in [7, 11) is 3.91. The molecular formula is C16H28N4O. The molecule has 1 aromatic heterocycles. The number of likely N-dealkylation sites (N-methyl/N-ethyl adjacent to an activating group) is 1. The van der Waals surface area contributed by atoms with Crippen molar-refractivity contribution in [3.05, 3.63) is 23.9 Å². The van der Waals surface area contributed by atoms with E-state index in [1.165, 1.54) is 5.56 Å². The van der Waals surface area contributed by atoms with Gasteiger partial charge in [0.1, 0.15) is 5.82 Å². The Morgan fingerprint density at radius 1 is 1.33 bits per heavy atom. The Morgan fingerprint density at radius 2 is 2.14 bits per heavy atom. The zero-order valence-electron chi connectivity index (χ0n) is 13.7. The number of pyridine rings is 1. The number of piperazine rings is 1. The first kappa shape index (κ1) is 16.2. The number of rotatable bonds is 6. The topological polar surface area (TPSA) is 40.6 Å². The SMILES string of the molecule is COCCNCc1ccc(N2CCN(C)C(C)(C)C2)nc1. The highest BCUT2D eigenvalue weighted by Crippen LogP contribution is 2.22. The van der Waals surface area contributed by atoms with Crippen LogP contribution in [0.1, 0.15) is 19.4 Å². The van der Waals surface area contributed by atoms with Crippen LogP contribution in [-0.2, 0) is 11.3 Å². The maximum atomic E-state index is 5.02. The van der Waals surface area contributed by atoms with Gasteiger partial charge in [0.05, 0.1) is 6.61 Å². The molecular weight excluding hydrogens is 264 g/mol. The molecule has 5 nitrogen and oxygen atoms in total. The van der Waals surface area contributed by atoms with Crippen molar-refractivity contribution in [3.63, 3.8) is 0 Å². The van der Waals surface area contributed by atoms with Gasteiger partial charge in [0.25, 0.3) is 0 Å². The molecule has 1 aliphatic rings. The summed E-state index contributed by atoms with van der Waals surface area (Å²) in [5, 5.41) is 3.34. The third kappa shape index (κ3) is 4.40. The third-order valence-corrected chi connectivity index (χ3v) is 4.26. The summed E-state index contributed by atoms with van der Waals surface area (Å²) < 4.78 is 5.02. The third-order valence-electron chi connectivity index (χ3n) is 4.26. The van der Waals surface area contributed by atoms with Crippen molar-refractivity contribution in [1.29, 1.82) is 0 Å². The molecule has 1 fully saturated rings. The second-order valence-corrected chi connectivity index (χ2v) is 6.35. The summed E-state index contributed by atoms with van der Waals surface area (Å²) in [5.74, 6) is 1.08. The van der Waals surface area contributed by atoms with E-state index in [0.29, 0.717) is 0 Å². The van der Waals surface area contributed by atoms with Crippen molar-refractivity contribution in [2.75, 3.05) is 51.8 Å². The lowest BCUT2D eigenvalue weighted by atomic mass is 10.00. The predicted molar refractivity (Wildman–Crippen MR) is 86.7 cm³/mol. The number of anilines is 1. The molecule has 0 atom stereocenters. The van der Waals surface area contributed by atoms with Crippen LogP contribution >= 0.6 is 0 Å². The fourth-order valence-corrected chi connectivity index (χ4v) is 2.55. The van der Waals surface area contributed by atoms with Crippen LogP contribution in [-0.4, -0.2) is 62.4 Å². The van der Waals surface area contributed by atoms with Crippen LogP contribution in [0.2, 0.25) is 0 Å². The Labute approximate surface area is 128 Å². The average Bonchev–Trinajstić information content (AvgIpc) is 2.47. The van der Waals surface area contributed by atoms with E-state index in [-0.39, 0.29) is 5.54 Å². The molecule has 1 saturated heterocycles. The zero-order valence-corrected chi connectivity index (χ0v) is 13.7. The molecule has 0 spiro atoms. The van der Waals surface area contributed by atoms with E-state index < -0.39 is 0 Å². The van der Waals surface area contributed by atoms with Crippen molar-refractivity contribution in [2.45, 2.75) is 25.9 Å². The van der Waals surface area contributed by atoms with E-state index in [1.54, 1.807) is 7.11 Å². The van der Waals surface area contributed by atoms with Crippen LogP contribution in [0.4, 0.5) is 5.82 Å². The molecule has 2 heterocycles. The van der Waals surface area contributed by atoms with E-state index in [0.717, 1.165) is 45.1 Å². The number of ether oxygens (including phenoxy) is 1. The number of hydrogen-bond donors (Lipinski definition) is 1. The lowest BCUT2D eigenvalue weighted by molar-refractivity contribution is 0.138. The molecule has 1 aliphatic heterocycles. The van der Waals surface area contributed by atoms with Crippen LogP contribution in [0, 0.1) is 0 Å². The Kier molecular flexibility index (Phi) is 5.56. The summed E-state index contributed by atoms with van der Waals surface area (Å²) >= 11 is 0. The summed E-state index contributed by atoms with van der Waals surface area (Å²) in [6, 6.07) is 4.29. The average molecular weight is 292 g/mol. The molecule has 0 bridgehead atoms. The van der Waals surface area contributed by atoms with Gasteiger partial charge in [-0.15, -0.1) is 0 Å². The molecule has 0 aliphatic carbocycles. The molecule has 21 heavy (non-hydrogen) atoms. The highest BCUT2D eigenvalue weighted by atomic mass is 16.5. The number of methoxy groups -OCH3 is 1. The summed E-state index contributed by atoms with van der Waals surface area (Å²) in [4.78, 5) is 9.42. The Morgan fingerprint density at radius 3 is 2.76 bits per heavy atom. The standard InChI is InChI=1S/C16H28N4O/c1-16(2)13-20(9-8-19(16)3)15-6-5-14(12-18-15)11-17-7-10-21-4/h5-6,12,17H,7-11,13H2,1-4H3. The Balaban J connectivity index is 1.90. The molecule has 2 rings (SSSR count). The maximum Gasteiger partial charge on any atom is 0.128 e. The van der Waals surface area contributed by atoms with Crippen LogP contribution in [0.25, 0.3) is 0 Å². The minimum absolute atomic E-state index is 0.195. The van der Waals surface area contributed by atoms with Crippen molar-refractivity contribution < 1.29 is 4.74 Å². The van der Waals surface area contributed by atoms with Gasteiger partial charge >= 0.3 is 0 Å². The second-order valence-electron chi connectivity index (χ2n) is 6.35. The van der Waals surface area contributed by atoms with E-state index in [2.05, 4.69) is 53.1 Å². The van der Waals surface area contributed by atoms with Crippen LogP contribution < -0.4 is 10.2 Å². The zero-order chi connectivity index (χ0) is 15.3. The molecule has 1 aromatic rings. The summed E-state index contributed by atoms with van der Waals surface area (Å²) in [6.07, 6.45) is 1.97. The van der Waals surface area contributed by atoms with Crippen molar-refractivity contribution in [3.8, 4) is 0 Å². The van der Waals surface area contributed by atoms with Gasteiger partial charge in [-0.3, -0.25) is 4.90 Å². The van der Waals surface area contributed by atoms with Crippen molar-refractivity contribution in [2.24, 2.45) is 0 Å². The molecule has 0 radical (unpaired) electrons. The predicted octanol–water partition coefficient (Wildman–Crippen LogP) is 1.35. The minimum atomic E-state index is 0.195. The molecule has 5 heteroatoms. The normalized spacial score (nSPS) is 19.0. The number of aromatic nitrogens is 1. The Bertz CT molecular complexity index is 432. The highest BCUT2D eigenvalue weighted by Gasteiger charge is 2.31. The van der Waals surface area contributed by atoms with Crippen LogP contribution in [0.5, 0.6) is 0 Å². The molecule has 0 unspecified atom stereocenters. The van der Waals surface area contributed by atoms with E-state index in [9.17, 15) is 0 Å². The fourth-order valence-electron chi connectivity index (χ4n) is 2.55. The van der Waals surface area contributed by atoms with Gasteiger partial charge in [-0.1, -0.05) is 6.07 Å². The number of hydrogen-bond acceptors (Lipinski definition) is 5. The summed E-state index contributed by atoms with van der Waals surface area (Å²) in [5.41, 5.74) is 1.41. The molecule has 0 aromatic carbocycles. The van der Waals surface area contributed by atoms with Gasteiger partial charge in [-0.2, -0.15) is 0 Å². The lowest BCUT2D eigenvalue weighted by Crippen LogP contribution is -2.57. The quantitative estimate of drug-likeness (QED) is 0.802. The van der Waals surface area contributed by atoms with Crippen molar-refractivity contribution >= 4 is 5.82 Å². The van der Waals surface area contributed by atoms with Gasteiger partial charge in [-0.05, 0) is 32.5 Å². The number of nitrogens with zero attached hydrogens (tertiary/aromatic N) is 3. The van der Waals surface area contributed by atoms with Crippen LogP contribution in [0.15, 0.2) is 18.3 Å².